The highest BCUT2D eigenvalue weighted by atomic mass is 32.2. The number of nitrogens with zero attached hydrogens (tertiary/aromatic N) is 1. The van der Waals surface area contributed by atoms with Crippen LogP contribution in [0.15, 0.2) is 36.4 Å². The van der Waals surface area contributed by atoms with E-state index >= 15 is 0 Å². The minimum absolute atomic E-state index is 0.110. The average molecular weight is 251 g/mol. The van der Waals surface area contributed by atoms with Gasteiger partial charge in [0.1, 0.15) is 5.82 Å². The van der Waals surface area contributed by atoms with Crippen molar-refractivity contribution in [1.82, 2.24) is 4.98 Å². The van der Waals surface area contributed by atoms with Gasteiger partial charge in [0.15, 0.2) is 0 Å². The Kier molecular flexibility index (Phi) is 3.26. The first-order chi connectivity index (χ1) is 8.04. The summed E-state index contributed by atoms with van der Waals surface area (Å²) in [7, 11) is -3.43. The van der Waals surface area contributed by atoms with Gasteiger partial charge in [0, 0.05) is 11.9 Å². The Balaban J connectivity index is 2.09. The first kappa shape index (κ1) is 11.8. The number of aromatic nitrogens is 1. The summed E-state index contributed by atoms with van der Waals surface area (Å²) < 4.78 is 21.5. The maximum absolute atomic E-state index is 10.8. The van der Waals surface area contributed by atoms with Crippen molar-refractivity contribution in [2.45, 2.75) is 0 Å². The maximum atomic E-state index is 10.8. The molecule has 6 heteroatoms. The first-order valence-electron chi connectivity index (χ1n) is 5.15. The number of hydrogen-bond donors (Lipinski definition) is 2. The van der Waals surface area contributed by atoms with Crippen molar-refractivity contribution in [3.05, 3.63) is 36.4 Å². The zero-order chi connectivity index (χ0) is 12.3. The van der Waals surface area contributed by atoms with Crippen LogP contribution in [0.25, 0.3) is 10.9 Å². The van der Waals surface area contributed by atoms with Crippen molar-refractivity contribution in [1.29, 1.82) is 0 Å². The predicted octanol–water partition coefficient (Wildman–Crippen LogP) is 0.935. The molecule has 2 aromatic rings. The molecule has 0 saturated heterocycles. The van der Waals surface area contributed by atoms with E-state index in [0.717, 1.165) is 10.9 Å². The second-order valence-electron chi connectivity index (χ2n) is 3.68. The molecule has 0 aliphatic carbocycles. The van der Waals surface area contributed by atoms with Crippen LogP contribution in [0.2, 0.25) is 0 Å². The number of pyridine rings is 1. The number of para-hydroxylation sites is 1. The van der Waals surface area contributed by atoms with Crippen molar-refractivity contribution in [2.24, 2.45) is 5.14 Å². The number of anilines is 1. The van der Waals surface area contributed by atoms with Gasteiger partial charge >= 0.3 is 0 Å². The van der Waals surface area contributed by atoms with E-state index in [4.69, 9.17) is 5.14 Å². The van der Waals surface area contributed by atoms with Gasteiger partial charge in [-0.25, -0.2) is 18.5 Å². The smallest absolute Gasteiger partial charge is 0.210 e. The third-order valence-corrected chi connectivity index (χ3v) is 3.06. The molecule has 1 aromatic carbocycles. The van der Waals surface area contributed by atoms with Crippen LogP contribution < -0.4 is 10.5 Å². The van der Waals surface area contributed by atoms with E-state index in [0.29, 0.717) is 5.82 Å². The molecule has 0 unspecified atom stereocenters. The van der Waals surface area contributed by atoms with Crippen molar-refractivity contribution >= 4 is 26.7 Å². The van der Waals surface area contributed by atoms with Gasteiger partial charge < -0.3 is 5.32 Å². The molecule has 0 aliphatic heterocycles. The zero-order valence-corrected chi connectivity index (χ0v) is 9.94. The lowest BCUT2D eigenvalue weighted by atomic mass is 10.2. The first-order valence-corrected chi connectivity index (χ1v) is 6.86. The predicted molar refractivity (Wildman–Crippen MR) is 68.2 cm³/mol. The van der Waals surface area contributed by atoms with E-state index in [1.165, 1.54) is 0 Å². The van der Waals surface area contributed by atoms with E-state index < -0.39 is 10.0 Å². The summed E-state index contributed by atoms with van der Waals surface area (Å²) in [5.41, 5.74) is 0.869. The fourth-order valence-electron chi connectivity index (χ4n) is 1.49. The monoisotopic (exact) mass is 251 g/mol. The average Bonchev–Trinajstić information content (AvgIpc) is 2.27. The van der Waals surface area contributed by atoms with E-state index in [2.05, 4.69) is 10.3 Å². The van der Waals surface area contributed by atoms with E-state index in [1.807, 2.05) is 36.4 Å². The van der Waals surface area contributed by atoms with Crippen molar-refractivity contribution < 1.29 is 8.42 Å². The largest absolute Gasteiger partial charge is 0.369 e. The van der Waals surface area contributed by atoms with Gasteiger partial charge in [-0.1, -0.05) is 18.2 Å². The third kappa shape index (κ3) is 3.40. The van der Waals surface area contributed by atoms with Crippen molar-refractivity contribution in [3.8, 4) is 0 Å². The summed E-state index contributed by atoms with van der Waals surface area (Å²) >= 11 is 0. The minimum atomic E-state index is -3.43. The minimum Gasteiger partial charge on any atom is -0.369 e. The van der Waals surface area contributed by atoms with Gasteiger partial charge in [0.05, 0.1) is 11.3 Å². The quantitative estimate of drug-likeness (QED) is 0.846. The molecule has 3 N–H and O–H groups in total. The van der Waals surface area contributed by atoms with Crippen molar-refractivity contribution in [2.75, 3.05) is 17.6 Å². The molecule has 0 radical (unpaired) electrons. The molecule has 1 heterocycles. The van der Waals surface area contributed by atoms with Crippen LogP contribution >= 0.6 is 0 Å². The van der Waals surface area contributed by atoms with Crippen LogP contribution in [-0.4, -0.2) is 25.7 Å². The fourth-order valence-corrected chi connectivity index (χ4v) is 1.87. The molecule has 0 spiro atoms. The molecule has 2 rings (SSSR count). The highest BCUT2D eigenvalue weighted by Crippen LogP contribution is 2.14. The molecule has 1 aromatic heterocycles. The van der Waals surface area contributed by atoms with Crippen LogP contribution in [0, 0.1) is 0 Å². The van der Waals surface area contributed by atoms with Crippen LogP contribution in [0.4, 0.5) is 5.82 Å². The van der Waals surface area contributed by atoms with Gasteiger partial charge in [-0.2, -0.15) is 0 Å². The Morgan fingerprint density at radius 1 is 1.18 bits per heavy atom. The number of nitrogens with two attached hydrogens (primary N) is 1. The van der Waals surface area contributed by atoms with Crippen LogP contribution in [0.3, 0.4) is 0 Å². The summed E-state index contributed by atoms with van der Waals surface area (Å²) in [5.74, 6) is 0.536. The molecule has 0 saturated carbocycles. The molecular formula is C11H13N3O2S. The summed E-state index contributed by atoms with van der Waals surface area (Å²) in [6, 6.07) is 11.5. The highest BCUT2D eigenvalue weighted by molar-refractivity contribution is 7.89. The van der Waals surface area contributed by atoms with Gasteiger partial charge in [-0.3, -0.25) is 0 Å². The van der Waals surface area contributed by atoms with E-state index in [-0.39, 0.29) is 12.3 Å². The van der Waals surface area contributed by atoms with Crippen LogP contribution in [0.1, 0.15) is 0 Å². The molecule has 0 fully saturated rings. The number of sulfonamides is 1. The SMILES string of the molecule is NS(=O)(=O)CCNc1ccc2ccccc2n1. The summed E-state index contributed by atoms with van der Waals surface area (Å²) in [5, 5.41) is 8.87. The Morgan fingerprint density at radius 2 is 1.94 bits per heavy atom. The van der Waals surface area contributed by atoms with Gasteiger partial charge in [-0.15, -0.1) is 0 Å². The van der Waals surface area contributed by atoms with Crippen molar-refractivity contribution in [3.63, 3.8) is 0 Å². The Bertz CT molecular complexity index is 625. The molecule has 0 aliphatic rings. The molecule has 5 nitrogen and oxygen atoms in total. The molecule has 0 atom stereocenters. The summed E-state index contributed by atoms with van der Waals surface area (Å²) in [6.45, 7) is 0.254. The molecule has 90 valence electrons. The lowest BCUT2D eigenvalue weighted by molar-refractivity contribution is 0.598. The number of rotatable bonds is 4. The standard InChI is InChI=1S/C11H13N3O2S/c12-17(15,16)8-7-13-11-6-5-9-3-1-2-4-10(9)14-11/h1-6H,7-8H2,(H,13,14)(H2,12,15,16). The summed E-state index contributed by atoms with van der Waals surface area (Å²) in [4.78, 5) is 4.35. The fraction of sp³-hybridized carbons (Fsp3) is 0.182. The number of benzene rings is 1. The maximum Gasteiger partial charge on any atom is 0.210 e. The van der Waals surface area contributed by atoms with Gasteiger partial charge in [0.25, 0.3) is 0 Å². The Labute approximate surface area is 99.7 Å². The van der Waals surface area contributed by atoms with E-state index in [1.54, 1.807) is 0 Å². The molecule has 0 bridgehead atoms. The number of hydrogen-bond acceptors (Lipinski definition) is 4. The topological polar surface area (TPSA) is 85.1 Å². The molecule has 17 heavy (non-hydrogen) atoms. The van der Waals surface area contributed by atoms with Crippen LogP contribution in [-0.2, 0) is 10.0 Å². The molecular weight excluding hydrogens is 238 g/mol. The normalized spacial score (nSPS) is 11.6. The highest BCUT2D eigenvalue weighted by Gasteiger charge is 2.02. The lowest BCUT2D eigenvalue weighted by Crippen LogP contribution is -2.22. The van der Waals surface area contributed by atoms with Crippen LogP contribution in [0.5, 0.6) is 0 Å². The summed E-state index contributed by atoms with van der Waals surface area (Å²) in [6.07, 6.45) is 0. The number of primary sulfonamides is 1. The van der Waals surface area contributed by atoms with Gasteiger partial charge in [0.2, 0.25) is 10.0 Å². The Hall–Kier alpha value is -1.66. The third-order valence-electron chi connectivity index (χ3n) is 2.29. The second kappa shape index (κ2) is 4.68. The van der Waals surface area contributed by atoms with E-state index in [9.17, 15) is 8.42 Å². The van der Waals surface area contributed by atoms with Gasteiger partial charge in [-0.05, 0) is 18.2 Å². The lowest BCUT2D eigenvalue weighted by Gasteiger charge is -2.05. The number of fused-ring (bicyclic) bond motifs is 1. The zero-order valence-electron chi connectivity index (χ0n) is 9.13. The molecule has 0 amide bonds. The Morgan fingerprint density at radius 3 is 2.71 bits per heavy atom. The second-order valence-corrected chi connectivity index (χ2v) is 5.42. The number of nitrogens with one attached hydrogen (secondary N) is 1.